The van der Waals surface area contributed by atoms with Gasteiger partial charge < -0.3 is 9.88 Å². The maximum absolute atomic E-state index is 11.4. The van der Waals surface area contributed by atoms with E-state index in [9.17, 15) is 4.79 Å². The van der Waals surface area contributed by atoms with Gasteiger partial charge >= 0.3 is 0 Å². The number of carbonyl (C=O) groups is 1. The Morgan fingerprint density at radius 3 is 3.00 bits per heavy atom. The van der Waals surface area contributed by atoms with Crippen molar-refractivity contribution in [3.63, 3.8) is 0 Å². The molecule has 0 spiro atoms. The first-order valence-electron chi connectivity index (χ1n) is 5.07. The van der Waals surface area contributed by atoms with Crippen LogP contribution in [0, 0.1) is 0 Å². The third-order valence-corrected chi connectivity index (χ3v) is 3.22. The van der Waals surface area contributed by atoms with Crippen molar-refractivity contribution < 1.29 is 4.79 Å². The molecule has 2 aromatic rings. The van der Waals surface area contributed by atoms with Gasteiger partial charge in [-0.15, -0.1) is 11.6 Å². The summed E-state index contributed by atoms with van der Waals surface area (Å²) in [6.07, 6.45) is 0. The number of rotatable bonds is 3. The third-order valence-electron chi connectivity index (χ3n) is 2.49. The van der Waals surface area contributed by atoms with Crippen molar-refractivity contribution in [1.82, 2.24) is 14.9 Å². The molecule has 0 saturated carbocycles. The average Bonchev–Trinajstić information content (AvgIpc) is 2.66. The molecular formula is C11H11BrClN3O. The van der Waals surface area contributed by atoms with Gasteiger partial charge in [0.15, 0.2) is 0 Å². The Morgan fingerprint density at radius 2 is 2.35 bits per heavy atom. The van der Waals surface area contributed by atoms with Crippen LogP contribution in [-0.2, 0) is 17.2 Å². The summed E-state index contributed by atoms with van der Waals surface area (Å²) in [6.45, 7) is 0.233. The molecule has 0 saturated heterocycles. The van der Waals surface area contributed by atoms with Gasteiger partial charge in [0.2, 0.25) is 5.91 Å². The number of fused-ring (bicyclic) bond motifs is 1. The fourth-order valence-electron chi connectivity index (χ4n) is 1.65. The van der Waals surface area contributed by atoms with Crippen LogP contribution in [0.5, 0.6) is 0 Å². The predicted octanol–water partition coefficient (Wildman–Crippen LogP) is 2.28. The maximum atomic E-state index is 11.4. The first-order valence-corrected chi connectivity index (χ1v) is 6.39. The van der Waals surface area contributed by atoms with Crippen molar-refractivity contribution >= 4 is 44.5 Å². The van der Waals surface area contributed by atoms with Crippen LogP contribution in [0.25, 0.3) is 11.0 Å². The number of aromatic nitrogens is 2. The number of amides is 1. The molecule has 17 heavy (non-hydrogen) atoms. The van der Waals surface area contributed by atoms with Gasteiger partial charge in [-0.3, -0.25) is 4.79 Å². The van der Waals surface area contributed by atoms with E-state index in [1.165, 1.54) is 0 Å². The zero-order valence-electron chi connectivity index (χ0n) is 9.20. The SMILES string of the molecule is CNC(=O)Cn1c(CCl)nc2cc(Br)ccc21. The molecule has 1 aromatic carbocycles. The van der Waals surface area contributed by atoms with E-state index in [4.69, 9.17) is 11.6 Å². The maximum Gasteiger partial charge on any atom is 0.239 e. The number of halogens is 2. The predicted molar refractivity (Wildman–Crippen MR) is 71.1 cm³/mol. The number of hydrogen-bond donors (Lipinski definition) is 1. The summed E-state index contributed by atoms with van der Waals surface area (Å²) in [5.74, 6) is 0.908. The Kier molecular flexibility index (Phi) is 3.69. The van der Waals surface area contributed by atoms with Crippen LogP contribution < -0.4 is 5.32 Å². The molecule has 90 valence electrons. The Morgan fingerprint density at radius 1 is 1.59 bits per heavy atom. The molecule has 0 bridgehead atoms. The average molecular weight is 317 g/mol. The molecule has 0 radical (unpaired) electrons. The van der Waals surface area contributed by atoms with E-state index in [0.717, 1.165) is 15.5 Å². The highest BCUT2D eigenvalue weighted by Crippen LogP contribution is 2.21. The summed E-state index contributed by atoms with van der Waals surface area (Å²) in [4.78, 5) is 15.8. The number of nitrogens with one attached hydrogen (secondary N) is 1. The van der Waals surface area contributed by atoms with Gasteiger partial charge in [-0.2, -0.15) is 0 Å². The van der Waals surface area contributed by atoms with Crippen molar-refractivity contribution in [3.05, 3.63) is 28.5 Å². The molecule has 0 aliphatic heterocycles. The van der Waals surface area contributed by atoms with E-state index in [2.05, 4.69) is 26.2 Å². The lowest BCUT2D eigenvalue weighted by atomic mass is 10.3. The van der Waals surface area contributed by atoms with Crippen LogP contribution in [0.2, 0.25) is 0 Å². The van der Waals surface area contributed by atoms with Crippen molar-refractivity contribution in [2.75, 3.05) is 7.05 Å². The first-order chi connectivity index (χ1) is 8.15. The number of alkyl halides is 1. The number of hydrogen-bond acceptors (Lipinski definition) is 2. The molecular weight excluding hydrogens is 305 g/mol. The standard InChI is InChI=1S/C11H11BrClN3O/c1-14-11(17)6-16-9-3-2-7(12)4-8(9)15-10(16)5-13/h2-4H,5-6H2,1H3,(H,14,17). The van der Waals surface area contributed by atoms with Crippen molar-refractivity contribution in [3.8, 4) is 0 Å². The second-order valence-electron chi connectivity index (χ2n) is 3.55. The van der Waals surface area contributed by atoms with E-state index in [1.807, 2.05) is 22.8 Å². The zero-order chi connectivity index (χ0) is 12.4. The van der Waals surface area contributed by atoms with Gasteiger partial charge in [-0.25, -0.2) is 4.98 Å². The lowest BCUT2D eigenvalue weighted by Gasteiger charge is -2.06. The molecule has 0 atom stereocenters. The Labute approximate surface area is 112 Å². The molecule has 1 aromatic heterocycles. The van der Waals surface area contributed by atoms with Crippen LogP contribution in [0.1, 0.15) is 5.82 Å². The number of carbonyl (C=O) groups excluding carboxylic acids is 1. The van der Waals surface area contributed by atoms with Crippen LogP contribution in [0.4, 0.5) is 0 Å². The molecule has 1 N–H and O–H groups in total. The van der Waals surface area contributed by atoms with Gasteiger partial charge in [0.25, 0.3) is 0 Å². The van der Waals surface area contributed by atoms with Crippen LogP contribution >= 0.6 is 27.5 Å². The number of imidazole rings is 1. The number of benzene rings is 1. The highest BCUT2D eigenvalue weighted by atomic mass is 79.9. The smallest absolute Gasteiger partial charge is 0.239 e. The highest BCUT2D eigenvalue weighted by Gasteiger charge is 2.12. The van der Waals surface area contributed by atoms with Crippen LogP contribution in [0.15, 0.2) is 22.7 Å². The fraction of sp³-hybridized carbons (Fsp3) is 0.273. The molecule has 1 amide bonds. The molecule has 1 heterocycles. The summed E-state index contributed by atoms with van der Waals surface area (Å²) >= 11 is 9.23. The number of likely N-dealkylation sites (N-methyl/N-ethyl adjacent to an activating group) is 1. The molecule has 0 aliphatic carbocycles. The van der Waals surface area contributed by atoms with Gasteiger partial charge in [0.05, 0.1) is 16.9 Å². The lowest BCUT2D eigenvalue weighted by molar-refractivity contribution is -0.121. The first kappa shape index (κ1) is 12.4. The summed E-state index contributed by atoms with van der Waals surface area (Å²) < 4.78 is 2.78. The van der Waals surface area contributed by atoms with E-state index >= 15 is 0 Å². The minimum Gasteiger partial charge on any atom is -0.358 e. The van der Waals surface area contributed by atoms with Gasteiger partial charge in [0, 0.05) is 11.5 Å². The van der Waals surface area contributed by atoms with E-state index in [0.29, 0.717) is 5.82 Å². The summed E-state index contributed by atoms with van der Waals surface area (Å²) in [7, 11) is 1.61. The zero-order valence-corrected chi connectivity index (χ0v) is 11.5. The molecule has 0 aliphatic rings. The Hall–Kier alpha value is -1.07. The fourth-order valence-corrected chi connectivity index (χ4v) is 2.21. The topological polar surface area (TPSA) is 46.9 Å². The number of nitrogens with zero attached hydrogens (tertiary/aromatic N) is 2. The second kappa shape index (κ2) is 5.06. The largest absolute Gasteiger partial charge is 0.358 e. The summed E-state index contributed by atoms with van der Waals surface area (Å²) in [6, 6.07) is 5.75. The molecule has 6 heteroatoms. The van der Waals surface area contributed by atoms with Crippen LogP contribution in [0.3, 0.4) is 0 Å². The minimum atomic E-state index is -0.0708. The van der Waals surface area contributed by atoms with E-state index in [-0.39, 0.29) is 18.3 Å². The van der Waals surface area contributed by atoms with Gasteiger partial charge in [0.1, 0.15) is 12.4 Å². The molecule has 4 nitrogen and oxygen atoms in total. The van der Waals surface area contributed by atoms with Gasteiger partial charge in [-0.05, 0) is 18.2 Å². The summed E-state index contributed by atoms with van der Waals surface area (Å²) in [5.41, 5.74) is 1.74. The van der Waals surface area contributed by atoms with Crippen molar-refractivity contribution in [2.45, 2.75) is 12.4 Å². The molecule has 0 unspecified atom stereocenters. The van der Waals surface area contributed by atoms with E-state index in [1.54, 1.807) is 7.05 Å². The van der Waals surface area contributed by atoms with Crippen molar-refractivity contribution in [2.24, 2.45) is 0 Å². The van der Waals surface area contributed by atoms with Gasteiger partial charge in [-0.1, -0.05) is 15.9 Å². The molecule has 0 fully saturated rings. The normalized spacial score (nSPS) is 10.8. The third kappa shape index (κ3) is 2.45. The van der Waals surface area contributed by atoms with Crippen molar-refractivity contribution in [1.29, 1.82) is 0 Å². The molecule has 2 rings (SSSR count). The summed E-state index contributed by atoms with van der Waals surface area (Å²) in [5, 5.41) is 2.59. The minimum absolute atomic E-state index is 0.0708. The lowest BCUT2D eigenvalue weighted by Crippen LogP contribution is -2.24. The highest BCUT2D eigenvalue weighted by molar-refractivity contribution is 9.10. The second-order valence-corrected chi connectivity index (χ2v) is 4.74. The Balaban J connectivity index is 2.54. The van der Waals surface area contributed by atoms with E-state index < -0.39 is 0 Å². The Bertz CT molecular complexity index is 567. The monoisotopic (exact) mass is 315 g/mol. The quantitative estimate of drug-likeness (QED) is 0.883. The van der Waals surface area contributed by atoms with Crippen LogP contribution in [-0.4, -0.2) is 22.5 Å².